The van der Waals surface area contributed by atoms with Crippen molar-refractivity contribution in [3.05, 3.63) is 12.2 Å². The number of aliphatic hydroxyl groups is 1. The first kappa shape index (κ1) is 13.0. The molecule has 0 aliphatic carbocycles. The number of hydrogen-bond acceptors (Lipinski definition) is 4. The molecule has 0 saturated carbocycles. The highest BCUT2D eigenvalue weighted by atomic mass is 32.1. The first-order valence-electron chi connectivity index (χ1n) is 3.87. The van der Waals surface area contributed by atoms with Gasteiger partial charge in [0, 0.05) is 5.75 Å². The lowest BCUT2D eigenvalue weighted by molar-refractivity contribution is -0.141. The zero-order valence-corrected chi connectivity index (χ0v) is 8.62. The van der Waals surface area contributed by atoms with Crippen molar-refractivity contribution < 1.29 is 19.8 Å². The second-order valence-electron chi connectivity index (χ2n) is 2.82. The van der Waals surface area contributed by atoms with Crippen LogP contribution in [0, 0.1) is 0 Å². The number of aliphatic hydroxyl groups excluding tert-OH is 1. The second kappa shape index (κ2) is 5.66. The molecule has 0 spiro atoms. The molecule has 0 aliphatic heterocycles. The fourth-order valence-corrected chi connectivity index (χ4v) is 0.883. The fraction of sp³-hybridized carbons (Fsp3) is 0.500. The van der Waals surface area contributed by atoms with Crippen LogP contribution in [0.4, 0.5) is 0 Å². The van der Waals surface area contributed by atoms with Crippen LogP contribution in [0.15, 0.2) is 12.2 Å². The number of carboxylic acids is 1. The average molecular weight is 219 g/mol. The summed E-state index contributed by atoms with van der Waals surface area (Å²) in [6.45, 7) is 4.90. The minimum absolute atomic E-state index is 0.0611. The Morgan fingerprint density at radius 1 is 1.57 bits per heavy atom. The number of hydrogen-bond donors (Lipinski definition) is 4. The quantitative estimate of drug-likeness (QED) is 0.368. The lowest BCUT2D eigenvalue weighted by Crippen LogP contribution is -2.46. The molecule has 0 fully saturated rings. The van der Waals surface area contributed by atoms with Crippen LogP contribution in [0.2, 0.25) is 0 Å². The number of nitrogens with one attached hydrogen (secondary N) is 1. The minimum Gasteiger partial charge on any atom is -0.479 e. The number of carboxylic acid groups (broad SMARTS) is 1. The zero-order chi connectivity index (χ0) is 11.3. The monoisotopic (exact) mass is 219 g/mol. The maximum Gasteiger partial charge on any atom is 0.330 e. The topological polar surface area (TPSA) is 86.6 Å². The molecule has 14 heavy (non-hydrogen) atoms. The van der Waals surface area contributed by atoms with E-state index in [1.807, 2.05) is 0 Å². The third kappa shape index (κ3) is 3.80. The minimum atomic E-state index is -1.31. The van der Waals surface area contributed by atoms with Crippen LogP contribution in [0.1, 0.15) is 6.92 Å². The number of rotatable bonds is 5. The summed E-state index contributed by atoms with van der Waals surface area (Å²) in [4.78, 5) is 21.7. The first-order chi connectivity index (χ1) is 6.40. The predicted octanol–water partition coefficient (Wildman–Crippen LogP) is -0.577. The molecule has 0 aromatic rings. The van der Waals surface area contributed by atoms with Gasteiger partial charge in [-0.15, -0.1) is 0 Å². The SMILES string of the molecule is C=C(C)[C@@H](NC(=O)[C@H](O)CS)C(=O)O. The molecule has 0 aromatic heterocycles. The molecule has 0 unspecified atom stereocenters. The van der Waals surface area contributed by atoms with Crippen molar-refractivity contribution in [3.63, 3.8) is 0 Å². The number of aliphatic carboxylic acids is 1. The van der Waals surface area contributed by atoms with Crippen molar-refractivity contribution >= 4 is 24.5 Å². The van der Waals surface area contributed by atoms with Crippen molar-refractivity contribution in [2.24, 2.45) is 0 Å². The molecular weight excluding hydrogens is 206 g/mol. The Morgan fingerprint density at radius 3 is 2.36 bits per heavy atom. The van der Waals surface area contributed by atoms with E-state index in [9.17, 15) is 9.59 Å². The Bertz CT molecular complexity index is 240. The van der Waals surface area contributed by atoms with Crippen LogP contribution in [-0.4, -0.2) is 40.0 Å². The van der Waals surface area contributed by atoms with Crippen molar-refractivity contribution in [2.45, 2.75) is 19.1 Å². The number of thiol groups is 1. The van der Waals surface area contributed by atoms with Gasteiger partial charge in [0.1, 0.15) is 12.1 Å². The third-order valence-electron chi connectivity index (χ3n) is 1.50. The molecule has 1 amide bonds. The highest BCUT2D eigenvalue weighted by Gasteiger charge is 2.23. The summed E-state index contributed by atoms with van der Waals surface area (Å²) in [7, 11) is 0. The van der Waals surface area contributed by atoms with Gasteiger partial charge in [0.25, 0.3) is 5.91 Å². The van der Waals surface area contributed by atoms with Gasteiger partial charge in [0.15, 0.2) is 0 Å². The lowest BCUT2D eigenvalue weighted by atomic mass is 10.1. The van der Waals surface area contributed by atoms with Gasteiger partial charge >= 0.3 is 5.97 Å². The number of amides is 1. The summed E-state index contributed by atoms with van der Waals surface area (Å²) in [6.07, 6.45) is -1.31. The summed E-state index contributed by atoms with van der Waals surface area (Å²) >= 11 is 3.70. The molecule has 0 aromatic carbocycles. The molecule has 0 bridgehead atoms. The van der Waals surface area contributed by atoms with Crippen LogP contribution >= 0.6 is 12.6 Å². The number of carbonyl (C=O) groups excluding carboxylic acids is 1. The Balaban J connectivity index is 4.39. The Hall–Kier alpha value is -1.01. The van der Waals surface area contributed by atoms with Gasteiger partial charge in [0.2, 0.25) is 0 Å². The van der Waals surface area contributed by atoms with Gasteiger partial charge < -0.3 is 15.5 Å². The van der Waals surface area contributed by atoms with Crippen molar-refractivity contribution in [3.8, 4) is 0 Å². The van der Waals surface area contributed by atoms with Crippen LogP contribution in [0.25, 0.3) is 0 Å². The molecule has 0 radical (unpaired) electrons. The zero-order valence-electron chi connectivity index (χ0n) is 7.73. The fourth-order valence-electron chi connectivity index (χ4n) is 0.717. The van der Waals surface area contributed by atoms with Crippen LogP contribution < -0.4 is 5.32 Å². The van der Waals surface area contributed by atoms with Gasteiger partial charge in [-0.1, -0.05) is 6.58 Å². The molecule has 80 valence electrons. The predicted molar refractivity (Wildman–Crippen MR) is 54.2 cm³/mol. The van der Waals surface area contributed by atoms with Gasteiger partial charge in [-0.2, -0.15) is 12.6 Å². The normalized spacial score (nSPS) is 14.2. The Kier molecular flexibility index (Phi) is 5.26. The molecule has 0 heterocycles. The summed E-state index contributed by atoms with van der Waals surface area (Å²) in [6, 6.07) is -1.17. The van der Waals surface area contributed by atoms with E-state index in [-0.39, 0.29) is 11.3 Å². The van der Waals surface area contributed by atoms with E-state index < -0.39 is 24.0 Å². The van der Waals surface area contributed by atoms with Gasteiger partial charge in [0.05, 0.1) is 0 Å². The van der Waals surface area contributed by atoms with Crippen LogP contribution in [0.5, 0.6) is 0 Å². The maximum atomic E-state index is 11.1. The standard InChI is InChI=1S/C8H13NO4S/c1-4(2)6(8(12)13)9-7(11)5(10)3-14/h5-6,10,14H,1,3H2,2H3,(H,9,11)(H,12,13)/t5-,6-/m1/s1. The molecule has 3 N–H and O–H groups in total. The molecular formula is C8H13NO4S. The summed E-state index contributed by atoms with van der Waals surface area (Å²) < 4.78 is 0. The summed E-state index contributed by atoms with van der Waals surface area (Å²) in [5.41, 5.74) is 0.289. The van der Waals surface area contributed by atoms with Gasteiger partial charge in [-0.3, -0.25) is 4.79 Å². The smallest absolute Gasteiger partial charge is 0.330 e. The third-order valence-corrected chi connectivity index (χ3v) is 1.85. The lowest BCUT2D eigenvalue weighted by Gasteiger charge is -2.16. The molecule has 2 atom stereocenters. The Labute approximate surface area is 87.2 Å². The first-order valence-corrected chi connectivity index (χ1v) is 4.51. The van der Waals surface area contributed by atoms with Crippen molar-refractivity contribution in [1.82, 2.24) is 5.32 Å². The highest BCUT2D eigenvalue weighted by Crippen LogP contribution is 1.99. The van der Waals surface area contributed by atoms with E-state index in [0.717, 1.165) is 0 Å². The molecule has 6 heteroatoms. The molecule has 0 aliphatic rings. The van der Waals surface area contributed by atoms with E-state index in [4.69, 9.17) is 10.2 Å². The number of carbonyl (C=O) groups is 2. The largest absolute Gasteiger partial charge is 0.479 e. The van der Waals surface area contributed by atoms with E-state index >= 15 is 0 Å². The van der Waals surface area contributed by atoms with Gasteiger partial charge in [-0.25, -0.2) is 4.79 Å². The van der Waals surface area contributed by atoms with Crippen LogP contribution in [0.3, 0.4) is 0 Å². The molecule has 5 nitrogen and oxygen atoms in total. The van der Waals surface area contributed by atoms with Crippen molar-refractivity contribution in [1.29, 1.82) is 0 Å². The summed E-state index contributed by atoms with van der Waals surface area (Å²) in [5, 5.41) is 19.8. The van der Waals surface area contributed by atoms with E-state index in [1.165, 1.54) is 6.92 Å². The van der Waals surface area contributed by atoms with Crippen molar-refractivity contribution in [2.75, 3.05) is 5.75 Å². The second-order valence-corrected chi connectivity index (χ2v) is 3.19. The molecule has 0 saturated heterocycles. The Morgan fingerprint density at radius 2 is 2.07 bits per heavy atom. The van der Waals surface area contributed by atoms with Crippen LogP contribution in [-0.2, 0) is 9.59 Å². The highest BCUT2D eigenvalue weighted by molar-refractivity contribution is 7.80. The van der Waals surface area contributed by atoms with Gasteiger partial charge in [-0.05, 0) is 12.5 Å². The summed E-state index contributed by atoms with van der Waals surface area (Å²) in [5.74, 6) is -2.04. The molecule has 0 rings (SSSR count). The maximum absolute atomic E-state index is 11.1. The van der Waals surface area contributed by atoms with E-state index in [2.05, 4.69) is 24.5 Å². The van der Waals surface area contributed by atoms with E-state index in [1.54, 1.807) is 0 Å². The average Bonchev–Trinajstić information content (AvgIpc) is 2.11. The van der Waals surface area contributed by atoms with E-state index in [0.29, 0.717) is 0 Å².